The summed E-state index contributed by atoms with van der Waals surface area (Å²) in [5, 5.41) is 8.67. The fourth-order valence-corrected chi connectivity index (χ4v) is 1.08. The minimum atomic E-state index is 0. The largest absolute Gasteiger partial charge is 1.00 e. The van der Waals surface area contributed by atoms with Gasteiger partial charge in [0.15, 0.2) is 0 Å². The zero-order valence-corrected chi connectivity index (χ0v) is 8.36. The summed E-state index contributed by atoms with van der Waals surface area (Å²) in [7, 11) is 4.18. The van der Waals surface area contributed by atoms with Gasteiger partial charge in [0.05, 0.1) is 27.2 Å². The van der Waals surface area contributed by atoms with Crippen molar-refractivity contribution < 1.29 is 22.0 Å². The van der Waals surface area contributed by atoms with Crippen LogP contribution >= 0.6 is 0 Å². The molecule has 0 rings (SSSR count). The van der Waals surface area contributed by atoms with Gasteiger partial charge in [-0.15, -0.1) is 0 Å². The molecule has 0 aliphatic heterocycles. The molecule has 0 aromatic heterocycles. The van der Waals surface area contributed by atoms with Crippen LogP contribution in [0.1, 0.15) is 6.92 Å². The SMILES string of the molecule is C=C(C)C[N+](C)(C)CCO.[Cl-]. The summed E-state index contributed by atoms with van der Waals surface area (Å²) in [6, 6.07) is 0. The van der Waals surface area contributed by atoms with Crippen LogP contribution in [0, 0.1) is 0 Å². The lowest BCUT2D eigenvalue weighted by molar-refractivity contribution is -0.885. The van der Waals surface area contributed by atoms with Crippen molar-refractivity contribution in [3.8, 4) is 0 Å². The van der Waals surface area contributed by atoms with Gasteiger partial charge in [0, 0.05) is 0 Å². The maximum Gasteiger partial charge on any atom is 0.102 e. The van der Waals surface area contributed by atoms with Gasteiger partial charge in [-0.05, 0) is 12.5 Å². The van der Waals surface area contributed by atoms with Crippen LogP contribution in [0.4, 0.5) is 0 Å². The van der Waals surface area contributed by atoms with E-state index in [1.54, 1.807) is 0 Å². The number of aliphatic hydroxyl groups is 1. The number of likely N-dealkylation sites (N-methyl/N-ethyl adjacent to an activating group) is 1. The molecule has 0 saturated carbocycles. The summed E-state index contributed by atoms with van der Waals surface area (Å²) in [6.07, 6.45) is 0. The molecule has 11 heavy (non-hydrogen) atoms. The first-order chi connectivity index (χ1) is 4.48. The Morgan fingerprint density at radius 3 is 2.18 bits per heavy atom. The van der Waals surface area contributed by atoms with Gasteiger partial charge >= 0.3 is 0 Å². The van der Waals surface area contributed by atoms with Crippen LogP contribution in [0.25, 0.3) is 0 Å². The third-order valence-electron chi connectivity index (χ3n) is 1.40. The van der Waals surface area contributed by atoms with Crippen molar-refractivity contribution >= 4 is 0 Å². The smallest absolute Gasteiger partial charge is 0.102 e. The minimum absolute atomic E-state index is 0. The third kappa shape index (κ3) is 7.85. The summed E-state index contributed by atoms with van der Waals surface area (Å²) >= 11 is 0. The predicted molar refractivity (Wildman–Crippen MR) is 43.7 cm³/mol. The fraction of sp³-hybridized carbons (Fsp3) is 0.750. The molecular formula is C8H18ClNO. The maximum atomic E-state index is 8.67. The second kappa shape index (κ2) is 5.58. The topological polar surface area (TPSA) is 20.2 Å². The first-order valence-corrected chi connectivity index (χ1v) is 3.55. The molecule has 0 spiro atoms. The van der Waals surface area contributed by atoms with E-state index in [1.807, 2.05) is 6.92 Å². The van der Waals surface area contributed by atoms with Crippen molar-refractivity contribution in [3.63, 3.8) is 0 Å². The summed E-state index contributed by atoms with van der Waals surface area (Å²) in [4.78, 5) is 0. The predicted octanol–water partition coefficient (Wildman–Crippen LogP) is -2.36. The molecular weight excluding hydrogens is 162 g/mol. The fourth-order valence-electron chi connectivity index (χ4n) is 1.08. The molecule has 0 heterocycles. The van der Waals surface area contributed by atoms with E-state index >= 15 is 0 Å². The standard InChI is InChI=1S/C8H18NO.ClH/c1-8(2)7-9(3,4)5-6-10;/h10H,1,5-7H2,2-4H3;1H/q+1;/p-1. The van der Waals surface area contributed by atoms with E-state index < -0.39 is 0 Å². The molecule has 0 aliphatic carbocycles. The van der Waals surface area contributed by atoms with E-state index in [9.17, 15) is 0 Å². The molecule has 2 nitrogen and oxygen atoms in total. The highest BCUT2D eigenvalue weighted by atomic mass is 35.5. The molecule has 0 aromatic carbocycles. The van der Waals surface area contributed by atoms with Crippen LogP contribution < -0.4 is 12.4 Å². The van der Waals surface area contributed by atoms with Crippen molar-refractivity contribution in [1.29, 1.82) is 0 Å². The molecule has 0 radical (unpaired) electrons. The Bertz CT molecular complexity index is 123. The van der Waals surface area contributed by atoms with Crippen molar-refractivity contribution in [3.05, 3.63) is 12.2 Å². The van der Waals surface area contributed by atoms with Gasteiger partial charge in [0.1, 0.15) is 6.54 Å². The van der Waals surface area contributed by atoms with Crippen molar-refractivity contribution in [2.45, 2.75) is 6.92 Å². The van der Waals surface area contributed by atoms with Crippen LogP contribution in [0.3, 0.4) is 0 Å². The van der Waals surface area contributed by atoms with E-state index in [-0.39, 0.29) is 19.0 Å². The molecule has 0 fully saturated rings. The molecule has 0 aromatic rings. The Kier molecular flexibility index (Phi) is 6.87. The average molecular weight is 180 g/mol. The molecule has 0 bridgehead atoms. The van der Waals surface area contributed by atoms with Gasteiger partial charge in [-0.2, -0.15) is 0 Å². The first kappa shape index (κ1) is 13.5. The van der Waals surface area contributed by atoms with Crippen LogP contribution in [-0.4, -0.2) is 43.4 Å². The highest BCUT2D eigenvalue weighted by molar-refractivity contribution is 4.87. The summed E-state index contributed by atoms with van der Waals surface area (Å²) < 4.78 is 0.825. The molecule has 68 valence electrons. The van der Waals surface area contributed by atoms with E-state index in [0.717, 1.165) is 17.6 Å². The summed E-state index contributed by atoms with van der Waals surface area (Å²) in [5.74, 6) is 0. The zero-order chi connectivity index (χ0) is 8.20. The van der Waals surface area contributed by atoms with Gasteiger partial charge in [-0.25, -0.2) is 0 Å². The van der Waals surface area contributed by atoms with Gasteiger partial charge in [0.2, 0.25) is 0 Å². The van der Waals surface area contributed by atoms with Gasteiger partial charge in [-0.3, -0.25) is 0 Å². The Morgan fingerprint density at radius 1 is 1.45 bits per heavy atom. The lowest BCUT2D eigenvalue weighted by atomic mass is 10.3. The summed E-state index contributed by atoms with van der Waals surface area (Å²) in [6.45, 7) is 7.83. The highest BCUT2D eigenvalue weighted by Crippen LogP contribution is 2.00. The highest BCUT2D eigenvalue weighted by Gasteiger charge is 2.12. The number of halogens is 1. The quantitative estimate of drug-likeness (QED) is 0.378. The van der Waals surface area contributed by atoms with Gasteiger partial charge in [0.25, 0.3) is 0 Å². The number of rotatable bonds is 4. The van der Waals surface area contributed by atoms with Crippen molar-refractivity contribution in [2.24, 2.45) is 0 Å². The molecule has 0 aliphatic rings. The lowest BCUT2D eigenvalue weighted by Gasteiger charge is -2.28. The zero-order valence-electron chi connectivity index (χ0n) is 7.60. The van der Waals surface area contributed by atoms with Crippen LogP contribution in [0.15, 0.2) is 12.2 Å². The second-order valence-electron chi connectivity index (χ2n) is 3.50. The van der Waals surface area contributed by atoms with Crippen LogP contribution in [0.2, 0.25) is 0 Å². The Morgan fingerprint density at radius 2 is 1.91 bits per heavy atom. The van der Waals surface area contributed by atoms with Crippen LogP contribution in [-0.2, 0) is 0 Å². The van der Waals surface area contributed by atoms with Crippen LogP contribution in [0.5, 0.6) is 0 Å². The minimum Gasteiger partial charge on any atom is -1.00 e. The molecule has 3 heteroatoms. The van der Waals surface area contributed by atoms with Crippen molar-refractivity contribution in [1.82, 2.24) is 0 Å². The van der Waals surface area contributed by atoms with E-state index in [1.165, 1.54) is 5.57 Å². The molecule has 1 N–H and O–H groups in total. The van der Waals surface area contributed by atoms with Gasteiger partial charge in [-0.1, -0.05) is 6.58 Å². The third-order valence-corrected chi connectivity index (χ3v) is 1.40. The molecule has 0 amide bonds. The van der Waals surface area contributed by atoms with Crippen molar-refractivity contribution in [2.75, 3.05) is 33.8 Å². The Balaban J connectivity index is 0. The Labute approximate surface area is 75.5 Å². The van der Waals surface area contributed by atoms with E-state index in [2.05, 4.69) is 20.7 Å². The molecule has 0 unspecified atom stereocenters. The van der Waals surface area contributed by atoms with Gasteiger partial charge < -0.3 is 22.0 Å². The number of nitrogens with zero attached hydrogens (tertiary/aromatic N) is 1. The summed E-state index contributed by atoms with van der Waals surface area (Å²) in [5.41, 5.74) is 1.17. The molecule has 0 saturated heterocycles. The monoisotopic (exact) mass is 179 g/mol. The van der Waals surface area contributed by atoms with E-state index in [0.29, 0.717) is 0 Å². The normalized spacial score (nSPS) is 10.5. The average Bonchev–Trinajstić information content (AvgIpc) is 1.59. The van der Waals surface area contributed by atoms with E-state index in [4.69, 9.17) is 5.11 Å². The lowest BCUT2D eigenvalue weighted by Crippen LogP contribution is -3.00. The maximum absolute atomic E-state index is 8.67. The Hall–Kier alpha value is -0.0500. The number of hydrogen-bond acceptors (Lipinski definition) is 1. The molecule has 0 atom stereocenters. The first-order valence-electron chi connectivity index (χ1n) is 3.55. The number of quaternary nitrogens is 1. The number of hydrogen-bond donors (Lipinski definition) is 1. The second-order valence-corrected chi connectivity index (χ2v) is 3.50. The number of aliphatic hydroxyl groups excluding tert-OH is 1.